The van der Waals surface area contributed by atoms with Crippen LogP contribution < -0.4 is 15.4 Å². The average molecular weight is 397 g/mol. The van der Waals surface area contributed by atoms with Gasteiger partial charge in [0.15, 0.2) is 0 Å². The van der Waals surface area contributed by atoms with Gasteiger partial charge in [0.1, 0.15) is 17.6 Å². The zero-order valence-electron chi connectivity index (χ0n) is 15.0. The number of nitrogens with zero attached hydrogens (tertiary/aromatic N) is 2. The summed E-state index contributed by atoms with van der Waals surface area (Å²) in [7, 11) is 1.56. The molecular weight excluding hydrogens is 380 g/mol. The molecule has 3 aromatic rings. The number of fused-ring (bicyclic) bond motifs is 1. The van der Waals surface area contributed by atoms with Gasteiger partial charge in [-0.1, -0.05) is 29.8 Å². The molecule has 0 bridgehead atoms. The van der Waals surface area contributed by atoms with Crippen LogP contribution in [-0.4, -0.2) is 28.7 Å². The van der Waals surface area contributed by atoms with Crippen molar-refractivity contribution in [1.82, 2.24) is 9.78 Å². The lowest BCUT2D eigenvalue weighted by molar-refractivity contribution is -0.125. The largest absolute Gasteiger partial charge is 0.497 e. The van der Waals surface area contributed by atoms with Crippen molar-refractivity contribution in [2.24, 2.45) is 0 Å². The van der Waals surface area contributed by atoms with Crippen LogP contribution in [0.4, 0.5) is 11.5 Å². The van der Waals surface area contributed by atoms with E-state index in [9.17, 15) is 9.59 Å². The fourth-order valence-electron chi connectivity index (χ4n) is 3.07. The molecule has 4 rings (SSSR count). The Labute approximate surface area is 166 Å². The monoisotopic (exact) mass is 396 g/mol. The van der Waals surface area contributed by atoms with Gasteiger partial charge in [-0.3, -0.25) is 9.59 Å². The van der Waals surface area contributed by atoms with Crippen LogP contribution in [0.15, 0.2) is 54.6 Å². The van der Waals surface area contributed by atoms with Gasteiger partial charge in [0.2, 0.25) is 11.8 Å². The van der Waals surface area contributed by atoms with Gasteiger partial charge in [-0.05, 0) is 24.3 Å². The van der Waals surface area contributed by atoms with Crippen LogP contribution in [0.25, 0.3) is 11.3 Å². The first-order valence-electron chi connectivity index (χ1n) is 8.64. The third-order valence-electron chi connectivity index (χ3n) is 4.46. The van der Waals surface area contributed by atoms with Crippen LogP contribution in [0.1, 0.15) is 12.5 Å². The number of amides is 2. The summed E-state index contributed by atoms with van der Waals surface area (Å²) in [5.41, 5.74) is 2.07. The number of carbonyl (C=O) groups is 2. The van der Waals surface area contributed by atoms with E-state index in [1.165, 1.54) is 0 Å². The predicted molar refractivity (Wildman–Crippen MR) is 107 cm³/mol. The summed E-state index contributed by atoms with van der Waals surface area (Å²) in [6, 6.07) is 15.2. The molecule has 2 amide bonds. The first kappa shape index (κ1) is 18.1. The first-order valence-corrected chi connectivity index (χ1v) is 9.01. The van der Waals surface area contributed by atoms with Gasteiger partial charge in [0.05, 0.1) is 19.2 Å². The van der Waals surface area contributed by atoms with Gasteiger partial charge < -0.3 is 15.4 Å². The van der Waals surface area contributed by atoms with Crippen molar-refractivity contribution in [1.29, 1.82) is 0 Å². The van der Waals surface area contributed by atoms with Crippen molar-refractivity contribution in [2.45, 2.75) is 12.5 Å². The third-order valence-corrected chi connectivity index (χ3v) is 4.71. The minimum absolute atomic E-state index is 0.00450. The Morgan fingerprint density at radius 3 is 2.79 bits per heavy atom. The average Bonchev–Trinajstić information content (AvgIpc) is 3.11. The molecule has 0 saturated carbocycles. The molecule has 7 nitrogen and oxygen atoms in total. The number of hydrogen-bond donors (Lipinski definition) is 2. The molecule has 142 valence electrons. The van der Waals surface area contributed by atoms with Crippen LogP contribution in [0.5, 0.6) is 5.75 Å². The van der Waals surface area contributed by atoms with Gasteiger partial charge in [-0.15, -0.1) is 0 Å². The Morgan fingerprint density at radius 1 is 1.25 bits per heavy atom. The van der Waals surface area contributed by atoms with E-state index in [2.05, 4.69) is 15.7 Å². The van der Waals surface area contributed by atoms with Crippen LogP contribution in [0.3, 0.4) is 0 Å². The second-order valence-corrected chi connectivity index (χ2v) is 6.79. The highest BCUT2D eigenvalue weighted by Gasteiger charge is 2.32. The molecule has 0 saturated heterocycles. The topological polar surface area (TPSA) is 85.2 Å². The number of rotatable bonds is 4. The highest BCUT2D eigenvalue weighted by atomic mass is 35.5. The molecule has 28 heavy (non-hydrogen) atoms. The normalized spacial score (nSPS) is 15.5. The number of aromatic nitrogens is 2. The van der Waals surface area contributed by atoms with Crippen molar-refractivity contribution in [2.75, 3.05) is 17.7 Å². The smallest absolute Gasteiger partial charge is 0.249 e. The molecule has 0 unspecified atom stereocenters. The maximum atomic E-state index is 12.9. The molecule has 0 spiro atoms. The maximum Gasteiger partial charge on any atom is 0.249 e. The number of hydrogen-bond acceptors (Lipinski definition) is 4. The molecular formula is C20H17ClN4O3. The molecule has 1 aliphatic heterocycles. The van der Waals surface area contributed by atoms with Gasteiger partial charge >= 0.3 is 0 Å². The van der Waals surface area contributed by atoms with Crippen LogP contribution in [-0.2, 0) is 9.59 Å². The summed E-state index contributed by atoms with van der Waals surface area (Å²) in [4.78, 5) is 25.0. The molecule has 1 aromatic heterocycles. The molecule has 8 heteroatoms. The van der Waals surface area contributed by atoms with E-state index >= 15 is 0 Å². The zero-order chi connectivity index (χ0) is 19.7. The van der Waals surface area contributed by atoms with Crippen molar-refractivity contribution in [3.8, 4) is 17.0 Å². The molecule has 2 aromatic carbocycles. The molecule has 1 aliphatic rings. The van der Waals surface area contributed by atoms with E-state index in [1.54, 1.807) is 54.3 Å². The third kappa shape index (κ3) is 3.57. The highest BCUT2D eigenvalue weighted by Crippen LogP contribution is 2.31. The minimum atomic E-state index is -0.754. The number of anilines is 2. The summed E-state index contributed by atoms with van der Waals surface area (Å²) < 4.78 is 6.72. The first-order chi connectivity index (χ1) is 13.5. The number of halogens is 1. The minimum Gasteiger partial charge on any atom is -0.497 e. The Morgan fingerprint density at radius 2 is 2.04 bits per heavy atom. The summed E-state index contributed by atoms with van der Waals surface area (Å²) in [5.74, 6) is 0.548. The molecule has 0 fully saturated rings. The van der Waals surface area contributed by atoms with Gasteiger partial charge in [0.25, 0.3) is 0 Å². The Hall–Kier alpha value is -3.32. The summed E-state index contributed by atoms with van der Waals surface area (Å²) >= 11 is 5.94. The molecule has 0 radical (unpaired) electrons. The number of carbonyl (C=O) groups excluding carboxylic acids is 2. The Balaban J connectivity index is 1.63. The summed E-state index contributed by atoms with van der Waals surface area (Å²) in [6.07, 6.45) is 0.00450. The summed E-state index contributed by atoms with van der Waals surface area (Å²) in [6.45, 7) is 0. The maximum absolute atomic E-state index is 12.9. The van der Waals surface area contributed by atoms with Gasteiger partial charge in [-0.25, -0.2) is 4.68 Å². The molecule has 2 N–H and O–H groups in total. The Bertz CT molecular complexity index is 1050. The quantitative estimate of drug-likeness (QED) is 0.703. The van der Waals surface area contributed by atoms with Gasteiger partial charge in [0, 0.05) is 28.4 Å². The van der Waals surface area contributed by atoms with Crippen molar-refractivity contribution in [3.63, 3.8) is 0 Å². The lowest BCUT2D eigenvalue weighted by atomic mass is 10.1. The van der Waals surface area contributed by atoms with E-state index in [0.29, 0.717) is 28.0 Å². The second-order valence-electron chi connectivity index (χ2n) is 6.36. The predicted octanol–water partition coefficient (Wildman–Crippen LogP) is 3.73. The fraction of sp³-hybridized carbons (Fsp3) is 0.150. The van der Waals surface area contributed by atoms with Crippen LogP contribution in [0, 0.1) is 0 Å². The number of benzene rings is 2. The van der Waals surface area contributed by atoms with E-state index in [1.807, 2.05) is 12.1 Å². The van der Waals surface area contributed by atoms with Crippen LogP contribution in [0.2, 0.25) is 5.02 Å². The van der Waals surface area contributed by atoms with Crippen molar-refractivity contribution >= 4 is 34.9 Å². The number of nitrogens with one attached hydrogen (secondary N) is 2. The van der Waals surface area contributed by atoms with Crippen molar-refractivity contribution < 1.29 is 14.3 Å². The van der Waals surface area contributed by atoms with E-state index in [0.717, 1.165) is 5.56 Å². The lowest BCUT2D eigenvalue weighted by Crippen LogP contribution is -2.35. The van der Waals surface area contributed by atoms with Gasteiger partial charge in [-0.2, -0.15) is 5.10 Å². The van der Waals surface area contributed by atoms with Crippen LogP contribution >= 0.6 is 11.6 Å². The fourth-order valence-corrected chi connectivity index (χ4v) is 3.20. The molecule has 2 heterocycles. The lowest BCUT2D eigenvalue weighted by Gasteiger charge is -2.23. The van der Waals surface area contributed by atoms with E-state index in [4.69, 9.17) is 16.3 Å². The Kier molecular flexibility index (Phi) is 4.75. The molecule has 0 aliphatic carbocycles. The van der Waals surface area contributed by atoms with E-state index < -0.39 is 6.04 Å². The number of methoxy groups -OCH3 is 1. The standard InChI is InChI=1S/C20H17ClN4O3/c1-28-15-4-2-3-14(9-15)22-20(27)17-11-19(26)23-18-10-16(24-25(17)18)12-5-7-13(21)8-6-12/h2-10,17H,11H2,1H3,(H,22,27)(H,23,26)/t17-/m0/s1. The highest BCUT2D eigenvalue weighted by molar-refractivity contribution is 6.30. The SMILES string of the molecule is COc1cccc(NC(=O)[C@@H]2CC(=O)Nc3cc(-c4ccc(Cl)cc4)nn32)c1. The summed E-state index contributed by atoms with van der Waals surface area (Å²) in [5, 5.41) is 10.7. The zero-order valence-corrected chi connectivity index (χ0v) is 15.7. The van der Waals surface area contributed by atoms with Crippen molar-refractivity contribution in [3.05, 3.63) is 59.6 Å². The number of ether oxygens (including phenoxy) is 1. The molecule has 1 atom stereocenters. The second kappa shape index (κ2) is 7.36. The van der Waals surface area contributed by atoms with E-state index in [-0.39, 0.29) is 18.2 Å².